The third-order valence-corrected chi connectivity index (χ3v) is 3.98. The molecule has 0 aromatic carbocycles. The summed E-state index contributed by atoms with van der Waals surface area (Å²) in [4.78, 5) is 18.7. The largest absolute Gasteiger partial charge is 0.371 e. The van der Waals surface area contributed by atoms with Crippen molar-refractivity contribution in [3.63, 3.8) is 0 Å². The van der Waals surface area contributed by atoms with Crippen molar-refractivity contribution in [2.45, 2.75) is 25.7 Å². The van der Waals surface area contributed by atoms with Crippen LogP contribution in [0.25, 0.3) is 0 Å². The Morgan fingerprint density at radius 3 is 2.50 bits per heavy atom. The minimum absolute atomic E-state index is 0.167. The number of carbonyl (C=O) groups is 1. The smallest absolute Gasteiger partial charge is 0.271 e. The van der Waals surface area contributed by atoms with E-state index in [2.05, 4.69) is 32.4 Å². The Morgan fingerprint density at radius 2 is 1.91 bits per heavy atom. The lowest BCUT2D eigenvalue weighted by atomic mass is 10.2. The van der Waals surface area contributed by atoms with Crippen molar-refractivity contribution < 1.29 is 4.79 Å². The van der Waals surface area contributed by atoms with Crippen LogP contribution in [-0.2, 0) is 7.05 Å². The molecule has 2 rings (SSSR count). The van der Waals surface area contributed by atoms with Gasteiger partial charge in [-0.3, -0.25) is 9.69 Å². The van der Waals surface area contributed by atoms with Crippen LogP contribution in [0.1, 0.15) is 42.0 Å². The van der Waals surface area contributed by atoms with Crippen LogP contribution < -0.4 is 10.6 Å². The van der Waals surface area contributed by atoms with Crippen molar-refractivity contribution in [3.05, 3.63) is 11.5 Å². The summed E-state index contributed by atoms with van der Waals surface area (Å²) in [5.41, 5.74) is 0.504. The maximum atomic E-state index is 11.9. The van der Waals surface area contributed by atoms with E-state index in [1.165, 1.54) is 25.7 Å². The number of likely N-dealkylation sites (tertiary alicyclic amines) is 1. The summed E-state index contributed by atoms with van der Waals surface area (Å²) < 4.78 is 1.74. The lowest BCUT2D eigenvalue weighted by molar-refractivity contribution is 0.0956. The number of nitrogens with zero attached hydrogens (tertiary/aromatic N) is 3. The average Bonchev–Trinajstić information content (AvgIpc) is 2.70. The molecule has 0 bridgehead atoms. The van der Waals surface area contributed by atoms with Gasteiger partial charge in [-0.25, -0.2) is 4.98 Å². The molecule has 0 aliphatic carbocycles. The Balaban J connectivity index is 2.11. The summed E-state index contributed by atoms with van der Waals surface area (Å²) in [5.74, 6) is 7.29. The van der Waals surface area contributed by atoms with E-state index in [0.29, 0.717) is 17.3 Å². The van der Waals surface area contributed by atoms with Crippen molar-refractivity contribution >= 4 is 11.7 Å². The van der Waals surface area contributed by atoms with Crippen LogP contribution in [0.2, 0.25) is 0 Å². The van der Waals surface area contributed by atoms with Crippen LogP contribution in [0.5, 0.6) is 0 Å². The molecule has 1 aliphatic rings. The van der Waals surface area contributed by atoms with Gasteiger partial charge in [0.15, 0.2) is 17.3 Å². The van der Waals surface area contributed by atoms with E-state index in [0.717, 1.165) is 19.6 Å². The molecule has 2 heterocycles. The molecular formula is C16H25N5O. The molecule has 0 unspecified atom stereocenters. The quantitative estimate of drug-likeness (QED) is 0.819. The van der Waals surface area contributed by atoms with Gasteiger partial charge in [0.25, 0.3) is 5.91 Å². The minimum atomic E-state index is -0.167. The number of rotatable bonds is 3. The Morgan fingerprint density at radius 1 is 1.23 bits per heavy atom. The summed E-state index contributed by atoms with van der Waals surface area (Å²) in [5, 5.41) is 5.58. The van der Waals surface area contributed by atoms with E-state index in [-0.39, 0.29) is 5.91 Å². The fourth-order valence-corrected chi connectivity index (χ4v) is 2.69. The number of hydrogen-bond donors (Lipinski definition) is 2. The summed E-state index contributed by atoms with van der Waals surface area (Å²) >= 11 is 0. The number of imidazole rings is 1. The number of nitrogens with one attached hydrogen (secondary N) is 2. The molecule has 6 heteroatoms. The molecule has 1 aromatic rings. The second kappa shape index (κ2) is 7.85. The van der Waals surface area contributed by atoms with Gasteiger partial charge in [-0.15, -0.1) is 0 Å². The Bertz CT molecular complexity index is 573. The highest BCUT2D eigenvalue weighted by atomic mass is 16.1. The number of aromatic nitrogens is 2. The molecule has 0 radical (unpaired) electrons. The molecule has 1 aliphatic heterocycles. The standard InChI is InChI=1S/C16H25N5O/c1-17-15-14(16(22)18-2)20(3)13(19-15)9-8-12-21-10-6-4-5-7-11-21/h17H,4-7,10-12H2,1-3H3,(H,18,22). The first kappa shape index (κ1) is 16.4. The average molecular weight is 303 g/mol. The van der Waals surface area contributed by atoms with E-state index in [9.17, 15) is 4.79 Å². The monoisotopic (exact) mass is 303 g/mol. The zero-order chi connectivity index (χ0) is 15.9. The molecule has 1 aromatic heterocycles. The molecule has 1 amide bonds. The Hall–Kier alpha value is -2.00. The van der Waals surface area contributed by atoms with Crippen LogP contribution in [0.3, 0.4) is 0 Å². The van der Waals surface area contributed by atoms with Gasteiger partial charge in [0.2, 0.25) is 0 Å². The first-order valence-electron chi connectivity index (χ1n) is 7.85. The van der Waals surface area contributed by atoms with Crippen LogP contribution in [0.15, 0.2) is 0 Å². The molecule has 0 spiro atoms. The minimum Gasteiger partial charge on any atom is -0.371 e. The van der Waals surface area contributed by atoms with Crippen LogP contribution >= 0.6 is 0 Å². The van der Waals surface area contributed by atoms with E-state index in [1.807, 2.05) is 7.05 Å². The van der Waals surface area contributed by atoms with Gasteiger partial charge in [-0.2, -0.15) is 0 Å². The van der Waals surface area contributed by atoms with Gasteiger partial charge in [-0.05, 0) is 31.9 Å². The van der Waals surface area contributed by atoms with Crippen LogP contribution in [0, 0.1) is 11.8 Å². The fraction of sp³-hybridized carbons (Fsp3) is 0.625. The summed E-state index contributed by atoms with van der Waals surface area (Å²) in [6.07, 6.45) is 5.16. The number of anilines is 1. The second-order valence-corrected chi connectivity index (χ2v) is 5.51. The van der Waals surface area contributed by atoms with Crippen LogP contribution in [-0.4, -0.2) is 54.1 Å². The molecule has 0 atom stereocenters. The highest BCUT2D eigenvalue weighted by Gasteiger charge is 2.18. The van der Waals surface area contributed by atoms with Crippen molar-refractivity contribution in [1.82, 2.24) is 19.8 Å². The number of carbonyl (C=O) groups excluding carboxylic acids is 1. The van der Waals surface area contributed by atoms with E-state index < -0.39 is 0 Å². The topological polar surface area (TPSA) is 62.2 Å². The SMILES string of the molecule is CNC(=O)c1c(NC)nc(C#CCN2CCCCCC2)n1C. The van der Waals surface area contributed by atoms with E-state index in [4.69, 9.17) is 0 Å². The normalized spacial score (nSPS) is 15.6. The molecule has 2 N–H and O–H groups in total. The third-order valence-electron chi connectivity index (χ3n) is 3.98. The van der Waals surface area contributed by atoms with Gasteiger partial charge in [0.1, 0.15) is 0 Å². The van der Waals surface area contributed by atoms with Crippen molar-refractivity contribution in [3.8, 4) is 11.8 Å². The lowest BCUT2D eigenvalue weighted by Gasteiger charge is -2.15. The number of amides is 1. The first-order chi connectivity index (χ1) is 10.7. The Labute approximate surface area is 132 Å². The Kier molecular flexibility index (Phi) is 5.84. The van der Waals surface area contributed by atoms with Gasteiger partial charge in [-0.1, -0.05) is 18.8 Å². The van der Waals surface area contributed by atoms with Crippen molar-refractivity contribution in [2.75, 3.05) is 39.0 Å². The summed E-state index contributed by atoms with van der Waals surface area (Å²) in [7, 11) is 5.18. The van der Waals surface area contributed by atoms with Crippen molar-refractivity contribution in [2.24, 2.45) is 7.05 Å². The van der Waals surface area contributed by atoms with Crippen LogP contribution in [0.4, 0.5) is 5.82 Å². The maximum absolute atomic E-state index is 11.9. The zero-order valence-corrected chi connectivity index (χ0v) is 13.7. The fourth-order valence-electron chi connectivity index (χ4n) is 2.69. The molecule has 1 fully saturated rings. The predicted molar refractivity (Wildman–Crippen MR) is 87.9 cm³/mol. The second-order valence-electron chi connectivity index (χ2n) is 5.51. The lowest BCUT2D eigenvalue weighted by Crippen LogP contribution is -2.24. The zero-order valence-electron chi connectivity index (χ0n) is 13.7. The van der Waals surface area contributed by atoms with E-state index >= 15 is 0 Å². The first-order valence-corrected chi connectivity index (χ1v) is 7.85. The summed E-state index contributed by atoms with van der Waals surface area (Å²) in [6.45, 7) is 3.01. The molecule has 6 nitrogen and oxygen atoms in total. The van der Waals surface area contributed by atoms with Gasteiger partial charge < -0.3 is 15.2 Å². The van der Waals surface area contributed by atoms with Gasteiger partial charge in [0.05, 0.1) is 6.54 Å². The maximum Gasteiger partial charge on any atom is 0.271 e. The van der Waals surface area contributed by atoms with Gasteiger partial charge >= 0.3 is 0 Å². The molecular weight excluding hydrogens is 278 g/mol. The predicted octanol–water partition coefficient (Wildman–Crippen LogP) is 1.05. The van der Waals surface area contributed by atoms with Crippen molar-refractivity contribution in [1.29, 1.82) is 0 Å². The third kappa shape index (κ3) is 3.80. The highest BCUT2D eigenvalue weighted by molar-refractivity contribution is 5.97. The van der Waals surface area contributed by atoms with E-state index in [1.54, 1.807) is 18.7 Å². The molecule has 120 valence electrons. The highest BCUT2D eigenvalue weighted by Crippen LogP contribution is 2.15. The molecule has 22 heavy (non-hydrogen) atoms. The molecule has 1 saturated heterocycles. The number of hydrogen-bond acceptors (Lipinski definition) is 4. The summed E-state index contributed by atoms with van der Waals surface area (Å²) in [6, 6.07) is 0. The molecule has 0 saturated carbocycles. The van der Waals surface area contributed by atoms with Gasteiger partial charge in [0, 0.05) is 21.1 Å².